The molecule has 1 fully saturated rings. The van der Waals surface area contributed by atoms with Crippen molar-refractivity contribution in [2.75, 3.05) is 18.4 Å². The summed E-state index contributed by atoms with van der Waals surface area (Å²) in [5.41, 5.74) is -0.100. The second-order valence-electron chi connectivity index (χ2n) is 6.59. The molecule has 0 aliphatic carbocycles. The lowest BCUT2D eigenvalue weighted by Gasteiger charge is -2.36. The topological polar surface area (TPSA) is 71.8 Å². The first kappa shape index (κ1) is 20.4. The predicted molar refractivity (Wildman–Crippen MR) is 110 cm³/mol. The van der Waals surface area contributed by atoms with Crippen LogP contribution in [0.2, 0.25) is 0 Å². The van der Waals surface area contributed by atoms with Gasteiger partial charge in [-0.1, -0.05) is 18.2 Å². The summed E-state index contributed by atoms with van der Waals surface area (Å²) in [6, 6.07) is 8.52. The lowest BCUT2D eigenvalue weighted by atomic mass is 9.87. The fourth-order valence-electron chi connectivity index (χ4n) is 3.41. The second-order valence-corrected chi connectivity index (χ2v) is 7.70. The van der Waals surface area contributed by atoms with E-state index in [4.69, 9.17) is 0 Å². The smallest absolute Gasteiger partial charge is 0.254 e. The van der Waals surface area contributed by atoms with E-state index in [1.807, 2.05) is 18.3 Å². The van der Waals surface area contributed by atoms with Crippen LogP contribution < -0.4 is 10.6 Å². The van der Waals surface area contributed by atoms with Crippen molar-refractivity contribution in [1.82, 2.24) is 20.1 Å². The Morgan fingerprint density at radius 1 is 1.29 bits per heavy atom. The van der Waals surface area contributed by atoms with Gasteiger partial charge in [-0.3, -0.25) is 14.8 Å². The summed E-state index contributed by atoms with van der Waals surface area (Å²) >= 11 is 1.37. The molecule has 0 bridgehead atoms. The maximum absolute atomic E-state index is 13.8. The molecular formula is C19H21ClFN5OS. The number of benzene rings is 1. The number of amides is 1. The molecule has 0 radical (unpaired) electrons. The first-order valence-corrected chi connectivity index (χ1v) is 9.69. The number of hydrogen-bond acceptors (Lipinski definition) is 5. The van der Waals surface area contributed by atoms with Gasteiger partial charge in [0.15, 0.2) is 5.13 Å². The van der Waals surface area contributed by atoms with Crippen LogP contribution in [0.25, 0.3) is 0 Å². The minimum Gasteiger partial charge on any atom is -0.317 e. The van der Waals surface area contributed by atoms with Gasteiger partial charge in [0.05, 0.1) is 0 Å². The van der Waals surface area contributed by atoms with Crippen LogP contribution in [0.1, 0.15) is 23.3 Å². The van der Waals surface area contributed by atoms with Crippen LogP contribution in [0.4, 0.5) is 9.52 Å². The molecule has 1 amide bonds. The summed E-state index contributed by atoms with van der Waals surface area (Å²) in [4.78, 5) is 18.3. The van der Waals surface area contributed by atoms with Crippen LogP contribution in [0, 0.1) is 5.82 Å². The maximum atomic E-state index is 13.8. The van der Waals surface area contributed by atoms with E-state index in [-0.39, 0.29) is 24.1 Å². The number of nitrogens with one attached hydrogen (secondary N) is 2. The van der Waals surface area contributed by atoms with Crippen molar-refractivity contribution >= 4 is 34.8 Å². The lowest BCUT2D eigenvalue weighted by molar-refractivity contribution is -0.126. The Morgan fingerprint density at radius 2 is 2.07 bits per heavy atom. The number of carbonyl (C=O) groups is 1. The summed E-state index contributed by atoms with van der Waals surface area (Å²) in [7, 11) is 0. The second kappa shape index (κ2) is 8.81. The molecule has 2 aromatic heterocycles. The highest BCUT2D eigenvalue weighted by atomic mass is 35.5. The van der Waals surface area contributed by atoms with Crippen LogP contribution in [-0.2, 0) is 16.8 Å². The molecule has 148 valence electrons. The van der Waals surface area contributed by atoms with E-state index < -0.39 is 5.54 Å². The van der Waals surface area contributed by atoms with Gasteiger partial charge in [-0.2, -0.15) is 5.10 Å². The van der Waals surface area contributed by atoms with Gasteiger partial charge < -0.3 is 5.32 Å². The Kier molecular flexibility index (Phi) is 6.43. The number of carbonyl (C=O) groups excluding carboxylic acids is 1. The zero-order valence-electron chi connectivity index (χ0n) is 15.1. The molecule has 1 aromatic carbocycles. The summed E-state index contributed by atoms with van der Waals surface area (Å²) in [5.74, 6) is -0.344. The monoisotopic (exact) mass is 421 g/mol. The Bertz CT molecular complexity index is 924. The summed E-state index contributed by atoms with van der Waals surface area (Å²) in [6.07, 6.45) is 6.98. The average Bonchev–Trinajstić information content (AvgIpc) is 3.37. The molecular weight excluding hydrogens is 401 g/mol. The molecule has 28 heavy (non-hydrogen) atoms. The van der Waals surface area contributed by atoms with Gasteiger partial charge in [-0.05, 0) is 43.6 Å². The van der Waals surface area contributed by atoms with Crippen molar-refractivity contribution in [2.24, 2.45) is 0 Å². The molecule has 0 unspecified atom stereocenters. The number of hydrogen-bond donors (Lipinski definition) is 2. The zero-order chi connectivity index (χ0) is 18.7. The summed E-state index contributed by atoms with van der Waals surface area (Å²) in [5, 5.41) is 11.1. The predicted octanol–water partition coefficient (Wildman–Crippen LogP) is 3.21. The van der Waals surface area contributed by atoms with Gasteiger partial charge in [0, 0.05) is 29.9 Å². The first-order chi connectivity index (χ1) is 13.2. The average molecular weight is 422 g/mol. The third kappa shape index (κ3) is 4.09. The number of rotatable bonds is 5. The van der Waals surface area contributed by atoms with E-state index in [1.54, 1.807) is 29.2 Å². The molecule has 0 atom stereocenters. The summed E-state index contributed by atoms with van der Waals surface area (Å²) < 4.78 is 15.6. The Balaban J connectivity index is 0.00000225. The minimum atomic E-state index is -0.716. The molecule has 0 saturated carbocycles. The van der Waals surface area contributed by atoms with E-state index in [0.29, 0.717) is 30.0 Å². The minimum absolute atomic E-state index is 0. The zero-order valence-corrected chi connectivity index (χ0v) is 16.7. The van der Waals surface area contributed by atoms with Gasteiger partial charge in [0.25, 0.3) is 5.91 Å². The van der Waals surface area contributed by atoms with E-state index in [2.05, 4.69) is 20.7 Å². The third-order valence-electron chi connectivity index (χ3n) is 4.89. The van der Waals surface area contributed by atoms with Crippen molar-refractivity contribution in [1.29, 1.82) is 0 Å². The number of nitrogens with zero attached hydrogens (tertiary/aromatic N) is 3. The fraction of sp³-hybridized carbons (Fsp3) is 0.316. The fourth-order valence-corrected chi connectivity index (χ4v) is 4.24. The largest absolute Gasteiger partial charge is 0.317 e. The highest BCUT2D eigenvalue weighted by molar-refractivity contribution is 7.15. The maximum Gasteiger partial charge on any atom is 0.254 e. The molecule has 2 N–H and O–H groups in total. The third-order valence-corrected chi connectivity index (χ3v) is 5.81. The van der Waals surface area contributed by atoms with Gasteiger partial charge >= 0.3 is 0 Å². The molecule has 3 aromatic rings. The van der Waals surface area contributed by atoms with E-state index in [0.717, 1.165) is 18.0 Å². The molecule has 4 rings (SSSR count). The number of anilines is 1. The Morgan fingerprint density at radius 3 is 2.79 bits per heavy atom. The molecule has 1 saturated heterocycles. The van der Waals surface area contributed by atoms with E-state index in [1.165, 1.54) is 17.4 Å². The summed E-state index contributed by atoms with van der Waals surface area (Å²) in [6.45, 7) is 1.51. The first-order valence-electron chi connectivity index (χ1n) is 8.88. The number of thiazole rings is 1. The normalized spacial score (nSPS) is 15.6. The van der Waals surface area contributed by atoms with Crippen LogP contribution >= 0.6 is 23.7 Å². The van der Waals surface area contributed by atoms with Crippen LogP contribution in [-0.4, -0.2) is 33.8 Å². The van der Waals surface area contributed by atoms with E-state index in [9.17, 15) is 9.18 Å². The van der Waals surface area contributed by atoms with Crippen molar-refractivity contribution in [3.8, 4) is 0 Å². The highest BCUT2D eigenvalue weighted by Crippen LogP contribution is 2.30. The van der Waals surface area contributed by atoms with Gasteiger partial charge in [-0.25, -0.2) is 9.37 Å². The number of aromatic nitrogens is 3. The van der Waals surface area contributed by atoms with Crippen LogP contribution in [0.5, 0.6) is 0 Å². The molecule has 3 heterocycles. The van der Waals surface area contributed by atoms with Crippen LogP contribution in [0.15, 0.2) is 48.9 Å². The van der Waals surface area contributed by atoms with E-state index >= 15 is 0 Å². The molecule has 9 heteroatoms. The van der Waals surface area contributed by atoms with Crippen molar-refractivity contribution < 1.29 is 9.18 Å². The SMILES string of the molecule is Cl.O=C(Nc1ncc(Cc2ccccc2F)s1)C1(n2cccn2)CCNCC1. The number of halogens is 2. The molecule has 6 nitrogen and oxygen atoms in total. The quantitative estimate of drug-likeness (QED) is 0.663. The lowest BCUT2D eigenvalue weighted by Crippen LogP contribution is -2.52. The Hall–Kier alpha value is -2.29. The van der Waals surface area contributed by atoms with Crippen molar-refractivity contribution in [3.05, 3.63) is 65.2 Å². The Labute approximate surface area is 172 Å². The van der Waals surface area contributed by atoms with Gasteiger partial charge in [-0.15, -0.1) is 23.7 Å². The molecule has 1 aliphatic rings. The number of piperidine rings is 1. The van der Waals surface area contributed by atoms with Gasteiger partial charge in [0.2, 0.25) is 0 Å². The molecule has 1 aliphatic heterocycles. The van der Waals surface area contributed by atoms with Gasteiger partial charge in [0.1, 0.15) is 11.4 Å². The molecule has 0 spiro atoms. The highest BCUT2D eigenvalue weighted by Gasteiger charge is 2.42. The van der Waals surface area contributed by atoms with Crippen molar-refractivity contribution in [3.63, 3.8) is 0 Å². The van der Waals surface area contributed by atoms with Crippen LogP contribution in [0.3, 0.4) is 0 Å². The van der Waals surface area contributed by atoms with Crippen molar-refractivity contribution in [2.45, 2.75) is 24.8 Å². The standard InChI is InChI=1S/C19H20FN5OS.ClH/c20-16-5-2-1-4-14(16)12-15-13-22-18(27-15)24-17(26)19(6-9-21-10-7-19)25-11-3-8-23-25;/h1-5,8,11,13,21H,6-7,9-10,12H2,(H,22,24,26);1H.